The highest BCUT2D eigenvalue weighted by Crippen LogP contribution is 2.61. The maximum Gasteiger partial charge on any atom is 0.185 e. The first-order chi connectivity index (χ1) is 10.6. The summed E-state index contributed by atoms with van der Waals surface area (Å²) in [6, 6.07) is 8.25. The number of para-hydroxylation sites is 2. The quantitative estimate of drug-likeness (QED) is 0.669. The average molecular weight is 335 g/mol. The Morgan fingerprint density at radius 1 is 1.00 bits per heavy atom. The molecule has 4 aliphatic carbocycles. The molecular weight excluding hydrogens is 315 g/mol. The molecule has 4 saturated carbocycles. The summed E-state index contributed by atoms with van der Waals surface area (Å²) >= 11 is 12.7. The van der Waals surface area contributed by atoms with Crippen LogP contribution in [0.15, 0.2) is 24.3 Å². The molecule has 1 heterocycles. The van der Waals surface area contributed by atoms with Crippen LogP contribution in [0.4, 0.5) is 0 Å². The zero-order valence-electron chi connectivity index (χ0n) is 12.5. The SMILES string of the molecule is ClC(Cl)n1c(C23CC4CC(CC(C4)C2)C3)nc2ccccc21. The molecular formula is C18H20Cl2N2. The summed E-state index contributed by atoms with van der Waals surface area (Å²) in [5.41, 5.74) is 2.32. The molecule has 4 fully saturated rings. The van der Waals surface area contributed by atoms with E-state index in [0.717, 1.165) is 34.6 Å². The van der Waals surface area contributed by atoms with Gasteiger partial charge in [0.2, 0.25) is 0 Å². The minimum absolute atomic E-state index is 0.218. The zero-order chi connectivity index (χ0) is 14.9. The highest BCUT2D eigenvalue weighted by Gasteiger charge is 2.53. The molecule has 0 radical (unpaired) electrons. The summed E-state index contributed by atoms with van der Waals surface area (Å²) in [6.45, 7) is 0. The summed E-state index contributed by atoms with van der Waals surface area (Å²) < 4.78 is 2.09. The van der Waals surface area contributed by atoms with Gasteiger partial charge < -0.3 is 0 Å². The summed E-state index contributed by atoms with van der Waals surface area (Å²) in [5, 5.41) is 0. The Bertz CT molecular complexity index is 698. The van der Waals surface area contributed by atoms with Crippen LogP contribution in [0.25, 0.3) is 11.0 Å². The highest BCUT2D eigenvalue weighted by atomic mass is 35.5. The highest BCUT2D eigenvalue weighted by molar-refractivity contribution is 6.42. The van der Waals surface area contributed by atoms with Crippen LogP contribution in [0, 0.1) is 17.8 Å². The van der Waals surface area contributed by atoms with Gasteiger partial charge in [0.25, 0.3) is 0 Å². The van der Waals surface area contributed by atoms with Crippen LogP contribution in [0.1, 0.15) is 49.3 Å². The second kappa shape index (κ2) is 4.64. The van der Waals surface area contributed by atoms with Crippen LogP contribution < -0.4 is 0 Å². The van der Waals surface area contributed by atoms with Gasteiger partial charge >= 0.3 is 0 Å². The topological polar surface area (TPSA) is 17.8 Å². The van der Waals surface area contributed by atoms with Crippen molar-refractivity contribution in [3.8, 4) is 0 Å². The minimum atomic E-state index is -0.560. The first-order valence-electron chi connectivity index (χ1n) is 8.40. The Kier molecular flexibility index (Phi) is 2.89. The molecule has 0 atom stereocenters. The van der Waals surface area contributed by atoms with Gasteiger partial charge in [0.05, 0.1) is 11.0 Å². The third-order valence-electron chi connectivity index (χ3n) is 6.30. The second-order valence-electron chi connectivity index (χ2n) is 7.77. The average Bonchev–Trinajstić information content (AvgIpc) is 2.86. The number of aromatic nitrogens is 2. The minimum Gasteiger partial charge on any atom is -0.297 e. The molecule has 0 amide bonds. The van der Waals surface area contributed by atoms with E-state index in [4.69, 9.17) is 28.2 Å². The van der Waals surface area contributed by atoms with Crippen LogP contribution >= 0.6 is 23.2 Å². The number of benzene rings is 1. The molecule has 116 valence electrons. The monoisotopic (exact) mass is 334 g/mol. The third kappa shape index (κ3) is 1.83. The van der Waals surface area contributed by atoms with E-state index in [2.05, 4.69) is 16.7 Å². The van der Waals surface area contributed by atoms with Gasteiger partial charge in [0, 0.05) is 5.41 Å². The van der Waals surface area contributed by atoms with E-state index in [0.29, 0.717) is 0 Å². The van der Waals surface area contributed by atoms with Crippen molar-refractivity contribution in [2.75, 3.05) is 0 Å². The molecule has 4 aliphatic rings. The molecule has 0 saturated heterocycles. The fourth-order valence-electron chi connectivity index (χ4n) is 6.00. The number of fused-ring (bicyclic) bond motifs is 1. The van der Waals surface area contributed by atoms with Crippen molar-refractivity contribution in [1.29, 1.82) is 0 Å². The maximum atomic E-state index is 6.36. The molecule has 0 spiro atoms. The summed E-state index contributed by atoms with van der Waals surface area (Å²) in [6.07, 6.45) is 8.15. The number of halogens is 2. The number of imidazole rings is 1. The summed E-state index contributed by atoms with van der Waals surface area (Å²) in [5.74, 6) is 3.83. The first kappa shape index (κ1) is 13.7. The normalized spacial score (nSPS) is 36.6. The Hall–Kier alpha value is -0.730. The molecule has 1 aromatic carbocycles. The maximum absolute atomic E-state index is 6.36. The number of rotatable bonds is 2. The number of hydrogen-bond donors (Lipinski definition) is 0. The molecule has 2 nitrogen and oxygen atoms in total. The van der Waals surface area contributed by atoms with E-state index in [1.54, 1.807) is 0 Å². The summed E-state index contributed by atoms with van der Waals surface area (Å²) in [4.78, 5) is 4.46. The van der Waals surface area contributed by atoms with E-state index in [1.807, 2.05) is 12.1 Å². The van der Waals surface area contributed by atoms with E-state index in [1.165, 1.54) is 38.5 Å². The lowest BCUT2D eigenvalue weighted by atomic mass is 9.49. The van der Waals surface area contributed by atoms with Gasteiger partial charge in [-0.1, -0.05) is 35.3 Å². The van der Waals surface area contributed by atoms with E-state index in [-0.39, 0.29) is 5.41 Å². The second-order valence-corrected chi connectivity index (χ2v) is 8.82. The Morgan fingerprint density at radius 2 is 1.59 bits per heavy atom. The van der Waals surface area contributed by atoms with E-state index in [9.17, 15) is 0 Å². The van der Waals surface area contributed by atoms with Crippen molar-refractivity contribution in [1.82, 2.24) is 9.55 Å². The summed E-state index contributed by atoms with van der Waals surface area (Å²) in [7, 11) is 0. The standard InChI is InChI=1S/C18H20Cl2N2/c19-17(20)22-15-4-2-1-3-14(15)21-16(22)18-8-11-5-12(9-18)7-13(6-11)10-18/h1-4,11-13,17H,5-10H2. The predicted octanol–water partition coefficient (Wildman–Crippen LogP) is 5.44. The Balaban J connectivity index is 1.72. The molecule has 22 heavy (non-hydrogen) atoms. The van der Waals surface area contributed by atoms with Crippen molar-refractivity contribution in [2.45, 2.75) is 48.9 Å². The number of alkyl halides is 2. The van der Waals surface area contributed by atoms with Gasteiger partial charge in [-0.3, -0.25) is 4.57 Å². The molecule has 0 N–H and O–H groups in total. The van der Waals surface area contributed by atoms with Crippen LogP contribution in [0.2, 0.25) is 0 Å². The van der Waals surface area contributed by atoms with Crippen LogP contribution in [0.5, 0.6) is 0 Å². The number of hydrogen-bond acceptors (Lipinski definition) is 1. The van der Waals surface area contributed by atoms with Crippen molar-refractivity contribution in [3.63, 3.8) is 0 Å². The van der Waals surface area contributed by atoms with Gasteiger partial charge in [-0.05, 0) is 68.4 Å². The Morgan fingerprint density at radius 3 is 2.18 bits per heavy atom. The van der Waals surface area contributed by atoms with Crippen molar-refractivity contribution in [3.05, 3.63) is 30.1 Å². The first-order valence-corrected chi connectivity index (χ1v) is 9.27. The van der Waals surface area contributed by atoms with Crippen molar-refractivity contribution in [2.24, 2.45) is 17.8 Å². The third-order valence-corrected chi connectivity index (χ3v) is 6.69. The molecule has 1 aromatic heterocycles. The molecule has 2 aromatic rings. The van der Waals surface area contributed by atoms with Gasteiger partial charge in [0.15, 0.2) is 4.96 Å². The lowest BCUT2D eigenvalue weighted by Crippen LogP contribution is -2.49. The molecule has 4 heteroatoms. The van der Waals surface area contributed by atoms with Gasteiger partial charge in [-0.25, -0.2) is 4.98 Å². The lowest BCUT2D eigenvalue weighted by Gasteiger charge is -2.56. The van der Waals surface area contributed by atoms with Crippen LogP contribution in [0.3, 0.4) is 0 Å². The molecule has 0 aliphatic heterocycles. The van der Waals surface area contributed by atoms with E-state index < -0.39 is 4.96 Å². The fraction of sp³-hybridized carbons (Fsp3) is 0.611. The molecule has 0 unspecified atom stereocenters. The number of nitrogens with zero attached hydrogens (tertiary/aromatic N) is 2. The van der Waals surface area contributed by atoms with Gasteiger partial charge in [0.1, 0.15) is 5.82 Å². The Labute approximate surface area is 140 Å². The molecule has 6 rings (SSSR count). The van der Waals surface area contributed by atoms with Crippen molar-refractivity contribution < 1.29 is 0 Å². The molecule has 4 bridgehead atoms. The smallest absolute Gasteiger partial charge is 0.185 e. The lowest BCUT2D eigenvalue weighted by molar-refractivity contribution is -0.0105. The van der Waals surface area contributed by atoms with Gasteiger partial charge in [-0.2, -0.15) is 0 Å². The van der Waals surface area contributed by atoms with Gasteiger partial charge in [-0.15, -0.1) is 0 Å². The zero-order valence-corrected chi connectivity index (χ0v) is 14.0. The predicted molar refractivity (Wildman–Crippen MR) is 90.3 cm³/mol. The van der Waals surface area contributed by atoms with Crippen LogP contribution in [-0.4, -0.2) is 9.55 Å². The fourth-order valence-corrected chi connectivity index (χ4v) is 6.40. The van der Waals surface area contributed by atoms with Crippen molar-refractivity contribution >= 4 is 34.2 Å². The largest absolute Gasteiger partial charge is 0.297 e. The van der Waals surface area contributed by atoms with E-state index >= 15 is 0 Å². The van der Waals surface area contributed by atoms with Crippen LogP contribution in [-0.2, 0) is 5.41 Å².